The van der Waals surface area contributed by atoms with Gasteiger partial charge >= 0.3 is 0 Å². The maximum atomic E-state index is 12.5. The van der Waals surface area contributed by atoms with Gasteiger partial charge in [-0.1, -0.05) is 0 Å². The first-order valence-corrected chi connectivity index (χ1v) is 7.35. The van der Waals surface area contributed by atoms with E-state index in [1.807, 2.05) is 7.05 Å². The van der Waals surface area contributed by atoms with E-state index in [1.54, 1.807) is 37.3 Å². The maximum Gasteiger partial charge on any atom is 0.253 e. The van der Waals surface area contributed by atoms with Gasteiger partial charge in [0.1, 0.15) is 11.5 Å². The highest BCUT2D eigenvalue weighted by Gasteiger charge is 2.17. The lowest BCUT2D eigenvalue weighted by Crippen LogP contribution is -2.35. The number of likely N-dealkylation sites (tertiary alicyclic amines) is 1. The summed E-state index contributed by atoms with van der Waals surface area (Å²) in [5, 5.41) is 0. The second kappa shape index (κ2) is 7.31. The number of methoxy groups -OCH3 is 2. The largest absolute Gasteiger partial charge is 0.497 e. The molecule has 0 radical (unpaired) electrons. The standard InChI is InChI=1S/C16H24N2O3/c1-17(8-9-18-6-4-5-7-18)16(19)13-10-14(20-2)12-15(11-13)21-3/h10-12H,4-9H2,1-3H3. The Balaban J connectivity index is 2.00. The molecule has 1 aliphatic heterocycles. The first-order chi connectivity index (χ1) is 10.1. The van der Waals surface area contributed by atoms with Gasteiger partial charge in [0.15, 0.2) is 0 Å². The summed E-state index contributed by atoms with van der Waals surface area (Å²) in [5.41, 5.74) is 0.593. The van der Waals surface area contributed by atoms with Crippen molar-refractivity contribution < 1.29 is 14.3 Å². The molecule has 0 atom stereocenters. The Morgan fingerprint density at radius 1 is 1.14 bits per heavy atom. The van der Waals surface area contributed by atoms with E-state index in [2.05, 4.69) is 4.90 Å². The molecule has 1 amide bonds. The highest BCUT2D eigenvalue weighted by molar-refractivity contribution is 5.95. The average molecular weight is 292 g/mol. The number of hydrogen-bond donors (Lipinski definition) is 0. The molecule has 1 aliphatic rings. The van der Waals surface area contributed by atoms with Gasteiger partial charge in [0.05, 0.1) is 14.2 Å². The highest BCUT2D eigenvalue weighted by atomic mass is 16.5. The Hall–Kier alpha value is -1.75. The minimum Gasteiger partial charge on any atom is -0.497 e. The lowest BCUT2D eigenvalue weighted by atomic mass is 10.1. The zero-order chi connectivity index (χ0) is 15.2. The van der Waals surface area contributed by atoms with E-state index in [0.717, 1.165) is 26.2 Å². The van der Waals surface area contributed by atoms with E-state index in [4.69, 9.17) is 9.47 Å². The van der Waals surface area contributed by atoms with E-state index in [9.17, 15) is 4.79 Å². The molecule has 0 aromatic heterocycles. The first-order valence-electron chi connectivity index (χ1n) is 7.35. The second-order valence-corrected chi connectivity index (χ2v) is 5.38. The molecule has 0 saturated carbocycles. The Labute approximate surface area is 126 Å². The SMILES string of the molecule is COc1cc(OC)cc(C(=O)N(C)CCN2CCCC2)c1. The van der Waals surface area contributed by atoms with Crippen LogP contribution in [0.1, 0.15) is 23.2 Å². The number of carbonyl (C=O) groups excluding carboxylic acids is 1. The Morgan fingerprint density at radius 3 is 2.24 bits per heavy atom. The fourth-order valence-electron chi connectivity index (χ4n) is 2.55. The molecule has 21 heavy (non-hydrogen) atoms. The maximum absolute atomic E-state index is 12.5. The monoisotopic (exact) mass is 292 g/mol. The molecule has 1 aromatic rings. The number of ether oxygens (including phenoxy) is 2. The molecule has 2 rings (SSSR count). The van der Waals surface area contributed by atoms with E-state index >= 15 is 0 Å². The van der Waals surface area contributed by atoms with Gasteiger partial charge < -0.3 is 19.3 Å². The van der Waals surface area contributed by atoms with Gasteiger partial charge in [0.25, 0.3) is 5.91 Å². The van der Waals surface area contributed by atoms with Crippen molar-refractivity contribution in [1.29, 1.82) is 0 Å². The van der Waals surface area contributed by atoms with Crippen molar-refractivity contribution in [1.82, 2.24) is 9.80 Å². The number of hydrogen-bond acceptors (Lipinski definition) is 4. The van der Waals surface area contributed by atoms with Gasteiger partial charge in [-0.2, -0.15) is 0 Å². The number of amides is 1. The summed E-state index contributed by atoms with van der Waals surface area (Å²) in [6, 6.07) is 5.26. The zero-order valence-electron chi connectivity index (χ0n) is 13.1. The minimum atomic E-state index is -0.00797. The van der Waals surface area contributed by atoms with Crippen molar-refractivity contribution >= 4 is 5.91 Å². The van der Waals surface area contributed by atoms with Crippen molar-refractivity contribution in [3.63, 3.8) is 0 Å². The fraction of sp³-hybridized carbons (Fsp3) is 0.562. The van der Waals surface area contributed by atoms with Crippen LogP contribution in [0.5, 0.6) is 11.5 Å². The number of benzene rings is 1. The zero-order valence-corrected chi connectivity index (χ0v) is 13.1. The molecule has 1 fully saturated rings. The summed E-state index contributed by atoms with van der Waals surface area (Å²) < 4.78 is 10.4. The minimum absolute atomic E-state index is 0.00797. The molecular weight excluding hydrogens is 268 g/mol. The number of nitrogens with zero attached hydrogens (tertiary/aromatic N) is 2. The van der Waals surface area contributed by atoms with Gasteiger partial charge in [-0.3, -0.25) is 4.79 Å². The van der Waals surface area contributed by atoms with Crippen LogP contribution < -0.4 is 9.47 Å². The third-order valence-corrected chi connectivity index (χ3v) is 3.90. The lowest BCUT2D eigenvalue weighted by Gasteiger charge is -2.22. The molecule has 0 bridgehead atoms. The average Bonchev–Trinajstić information content (AvgIpc) is 3.04. The molecule has 0 unspecified atom stereocenters. The number of carbonyl (C=O) groups is 1. The molecule has 0 aliphatic carbocycles. The smallest absolute Gasteiger partial charge is 0.253 e. The second-order valence-electron chi connectivity index (χ2n) is 5.38. The highest BCUT2D eigenvalue weighted by Crippen LogP contribution is 2.23. The van der Waals surface area contributed by atoms with Crippen LogP contribution in [0.3, 0.4) is 0 Å². The van der Waals surface area contributed by atoms with Crippen LogP contribution in [-0.4, -0.2) is 63.2 Å². The summed E-state index contributed by atoms with van der Waals surface area (Å²) in [6.45, 7) is 3.96. The van der Waals surface area contributed by atoms with Crippen LogP contribution in [-0.2, 0) is 0 Å². The van der Waals surface area contributed by atoms with Gasteiger partial charge in [-0.05, 0) is 38.1 Å². The van der Waals surface area contributed by atoms with Crippen molar-refractivity contribution in [2.24, 2.45) is 0 Å². The molecule has 1 heterocycles. The number of rotatable bonds is 6. The summed E-state index contributed by atoms with van der Waals surface area (Å²) in [4.78, 5) is 16.6. The third-order valence-electron chi connectivity index (χ3n) is 3.90. The van der Waals surface area contributed by atoms with Gasteiger partial charge in [-0.15, -0.1) is 0 Å². The summed E-state index contributed by atoms with van der Waals surface area (Å²) >= 11 is 0. The molecule has 0 spiro atoms. The summed E-state index contributed by atoms with van der Waals surface area (Å²) in [5.74, 6) is 1.25. The molecule has 0 N–H and O–H groups in total. The van der Waals surface area contributed by atoms with E-state index in [0.29, 0.717) is 17.1 Å². The van der Waals surface area contributed by atoms with E-state index in [-0.39, 0.29) is 5.91 Å². The Morgan fingerprint density at radius 2 is 1.71 bits per heavy atom. The van der Waals surface area contributed by atoms with Crippen LogP contribution in [0.4, 0.5) is 0 Å². The van der Waals surface area contributed by atoms with Crippen LogP contribution in [0.15, 0.2) is 18.2 Å². The van der Waals surface area contributed by atoms with Crippen molar-refractivity contribution in [2.75, 3.05) is 47.4 Å². The normalized spacial score (nSPS) is 15.0. The predicted molar refractivity (Wildman–Crippen MR) is 82.2 cm³/mol. The lowest BCUT2D eigenvalue weighted by molar-refractivity contribution is 0.0781. The van der Waals surface area contributed by atoms with Gasteiger partial charge in [-0.25, -0.2) is 0 Å². The van der Waals surface area contributed by atoms with Crippen molar-refractivity contribution in [3.8, 4) is 11.5 Å². The van der Waals surface area contributed by atoms with Crippen LogP contribution >= 0.6 is 0 Å². The Bertz CT molecular complexity index is 462. The van der Waals surface area contributed by atoms with Crippen molar-refractivity contribution in [3.05, 3.63) is 23.8 Å². The van der Waals surface area contributed by atoms with E-state index < -0.39 is 0 Å². The molecular formula is C16H24N2O3. The summed E-state index contributed by atoms with van der Waals surface area (Å²) in [7, 11) is 5.00. The molecule has 1 saturated heterocycles. The molecule has 5 heteroatoms. The van der Waals surface area contributed by atoms with Crippen LogP contribution in [0.2, 0.25) is 0 Å². The Kier molecular flexibility index (Phi) is 5.44. The number of likely N-dealkylation sites (N-methyl/N-ethyl adjacent to an activating group) is 1. The third kappa shape index (κ3) is 4.11. The fourth-order valence-corrected chi connectivity index (χ4v) is 2.55. The molecule has 5 nitrogen and oxygen atoms in total. The predicted octanol–water partition coefficient (Wildman–Crippen LogP) is 1.87. The quantitative estimate of drug-likeness (QED) is 0.803. The van der Waals surface area contributed by atoms with Crippen LogP contribution in [0, 0.1) is 0 Å². The van der Waals surface area contributed by atoms with E-state index in [1.165, 1.54) is 12.8 Å². The summed E-state index contributed by atoms with van der Waals surface area (Å²) in [6.07, 6.45) is 2.54. The molecule has 1 aromatic carbocycles. The van der Waals surface area contributed by atoms with Gasteiger partial charge in [0, 0.05) is 31.8 Å². The first kappa shape index (κ1) is 15.6. The topological polar surface area (TPSA) is 42.0 Å². The van der Waals surface area contributed by atoms with Gasteiger partial charge in [0.2, 0.25) is 0 Å². The molecule has 116 valence electrons. The van der Waals surface area contributed by atoms with Crippen molar-refractivity contribution in [2.45, 2.75) is 12.8 Å². The van der Waals surface area contributed by atoms with Crippen LogP contribution in [0.25, 0.3) is 0 Å².